The number of benzene rings is 1. The molecule has 5 atom stereocenters. The number of halogens is 2. The molecule has 9 N–H and O–H groups in total. The largest absolute Gasteiger partial charge is 0.479 e. The summed E-state index contributed by atoms with van der Waals surface area (Å²) < 4.78 is 32.9. The van der Waals surface area contributed by atoms with Crippen molar-refractivity contribution >= 4 is 107 Å². The number of thiophene rings is 1. The van der Waals surface area contributed by atoms with E-state index >= 15 is 0 Å². The van der Waals surface area contributed by atoms with Crippen LogP contribution in [0, 0.1) is 0 Å². The van der Waals surface area contributed by atoms with Gasteiger partial charge < -0.3 is 79.9 Å². The minimum absolute atomic E-state index is 0.00517. The first-order valence-electron chi connectivity index (χ1n) is 20.6. The molecule has 1 fully saturated rings. The molecular formula is C40H45Br2N5O21S. The Morgan fingerprint density at radius 3 is 2.10 bits per heavy atom. The van der Waals surface area contributed by atoms with Crippen LogP contribution in [0.15, 0.2) is 27.2 Å². The normalized spacial score (nSPS) is 20.0. The summed E-state index contributed by atoms with van der Waals surface area (Å²) in [5, 5.41) is 66.1. The van der Waals surface area contributed by atoms with E-state index in [1.54, 1.807) is 0 Å². The van der Waals surface area contributed by atoms with Crippen LogP contribution < -0.4 is 20.7 Å². The third-order valence-electron chi connectivity index (χ3n) is 10.1. The number of aromatic carboxylic acids is 1. The number of rotatable bonds is 23. The average molecular weight is 1120 g/mol. The van der Waals surface area contributed by atoms with Gasteiger partial charge in [-0.15, -0.1) is 11.3 Å². The Bertz CT molecular complexity index is 2320. The molecule has 29 heteroatoms. The lowest BCUT2D eigenvalue weighted by Crippen LogP contribution is -2.61. The molecule has 1 saturated heterocycles. The number of hydrogen-bond acceptors (Lipinski definition) is 19. The van der Waals surface area contributed by atoms with Crippen molar-refractivity contribution in [2.45, 2.75) is 63.1 Å². The van der Waals surface area contributed by atoms with Crippen LogP contribution in [0.5, 0.6) is 5.75 Å². The lowest BCUT2D eigenvalue weighted by molar-refractivity contribution is -0.271. The number of aliphatic carboxylic acids is 2. The first-order chi connectivity index (χ1) is 32.8. The number of carboxylic acids is 3. The fourth-order valence-electron chi connectivity index (χ4n) is 6.61. The van der Waals surface area contributed by atoms with Crippen molar-refractivity contribution in [2.24, 2.45) is 0 Å². The Kier molecular flexibility index (Phi) is 19.9. The number of ether oxygens (including phenoxy) is 6. The molecule has 0 aliphatic carbocycles. The maximum atomic E-state index is 13.2. The summed E-state index contributed by atoms with van der Waals surface area (Å²) in [6.07, 6.45) is -11.0. The van der Waals surface area contributed by atoms with Crippen LogP contribution in [-0.4, -0.2) is 184 Å². The highest BCUT2D eigenvalue weighted by atomic mass is 79.9. The summed E-state index contributed by atoms with van der Waals surface area (Å²) in [5.74, 6) is -8.60. The highest BCUT2D eigenvalue weighted by Crippen LogP contribution is 2.38. The predicted molar refractivity (Wildman–Crippen MR) is 238 cm³/mol. The Morgan fingerprint density at radius 1 is 0.812 bits per heavy atom. The van der Waals surface area contributed by atoms with Crippen LogP contribution >= 0.6 is 43.2 Å². The first kappa shape index (κ1) is 54.3. The van der Waals surface area contributed by atoms with Crippen LogP contribution in [0.2, 0.25) is 0 Å². The van der Waals surface area contributed by atoms with E-state index in [1.807, 2.05) is 0 Å². The highest BCUT2D eigenvalue weighted by Gasteiger charge is 2.48. The summed E-state index contributed by atoms with van der Waals surface area (Å²) in [6, 6.07) is 3.94. The summed E-state index contributed by atoms with van der Waals surface area (Å²) >= 11 is 6.89. The minimum Gasteiger partial charge on any atom is -0.479 e. The van der Waals surface area contributed by atoms with Gasteiger partial charge in [-0.2, -0.15) is 0 Å². The maximum absolute atomic E-state index is 13.2. The molecule has 1 aromatic heterocycles. The Morgan fingerprint density at radius 2 is 1.46 bits per heavy atom. The number of anilines is 2. The number of carboxylic acid groups (broad SMARTS) is 3. The lowest BCUT2D eigenvalue weighted by atomic mass is 9.99. The van der Waals surface area contributed by atoms with Gasteiger partial charge in [0, 0.05) is 30.8 Å². The van der Waals surface area contributed by atoms with E-state index in [-0.39, 0.29) is 122 Å². The monoisotopic (exact) mass is 1120 g/mol. The second kappa shape index (κ2) is 25.3. The third-order valence-corrected chi connectivity index (χ3v) is 13.2. The van der Waals surface area contributed by atoms with Gasteiger partial charge in [-0.05, 0) is 61.5 Å². The molecular weight excluding hydrogens is 1080 g/mol. The molecule has 1 aromatic carbocycles. The second-order valence-electron chi connectivity index (χ2n) is 14.8. The topological polar surface area (TPSA) is 373 Å². The molecule has 6 amide bonds. The van der Waals surface area contributed by atoms with E-state index in [2.05, 4.69) is 47.8 Å². The van der Waals surface area contributed by atoms with Gasteiger partial charge in [0.1, 0.15) is 44.6 Å². The van der Waals surface area contributed by atoms with Gasteiger partial charge >= 0.3 is 29.9 Å². The third kappa shape index (κ3) is 14.5. The van der Waals surface area contributed by atoms with Gasteiger partial charge in [-0.3, -0.25) is 28.9 Å². The molecule has 3 aliphatic heterocycles. The van der Waals surface area contributed by atoms with Crippen LogP contribution in [0.3, 0.4) is 0 Å². The van der Waals surface area contributed by atoms with Gasteiger partial charge in [-0.1, -0.05) is 6.07 Å². The smallest absolute Gasteiger partial charge is 0.410 e. The van der Waals surface area contributed by atoms with Gasteiger partial charge in [0.05, 0.1) is 64.0 Å². The van der Waals surface area contributed by atoms with Crippen molar-refractivity contribution in [2.75, 3.05) is 69.9 Å². The zero-order valence-corrected chi connectivity index (χ0v) is 39.9. The van der Waals surface area contributed by atoms with Crippen molar-refractivity contribution in [3.05, 3.63) is 48.7 Å². The van der Waals surface area contributed by atoms with Crippen molar-refractivity contribution in [1.82, 2.24) is 15.1 Å². The van der Waals surface area contributed by atoms with Gasteiger partial charge in [0.15, 0.2) is 6.10 Å². The number of carbonyl (C=O) groups is 9. The minimum atomic E-state index is -2.02. The van der Waals surface area contributed by atoms with E-state index in [1.165, 1.54) is 23.1 Å². The Hall–Kier alpha value is -5.63. The SMILES string of the molecule is O=C(CCOCCOCCOCCN1C(=O)C(Br)=C(Br)C1=O)NCCC(=O)Nc1cc(COC(=O)N2CCc3c(sc(NC(=O)C(=O)O)c3C(=O)O)C2)ccc1O[C@@H]1O[C@H](C(=O)O)[C@@H](O)[C@H](O)[C@H]1O. The standard InChI is InChI=1S/C40H45Br2N5O21S/c41-26-27(42)35(55)47(34(26)54)8-10-64-12-14-65-13-11-63-9-5-23(48)43-6-3-24(49)44-20-15-18(1-2-21(20)67-39-30(52)28(50)29(51)31(68-39)37(58)59)17-66-40(62)46-7-4-19-22(16-46)69-33(25(19)36(56)57)45-32(53)38(60)61/h1-2,15,28-31,39,50-52H,3-14,16-17H2,(H,43,48)(H,44,49)(H,45,53)(H,56,57)(H,58,59)(H,60,61)/t28-,29-,30+,31-,39+/m0/s1. The zero-order valence-electron chi connectivity index (χ0n) is 35.9. The lowest BCUT2D eigenvalue weighted by Gasteiger charge is -2.38. The summed E-state index contributed by atoms with van der Waals surface area (Å²) in [4.78, 5) is 112. The molecule has 0 unspecified atom stereocenters. The molecule has 2 aromatic rings. The van der Waals surface area contributed by atoms with Gasteiger partial charge in [-0.25, -0.2) is 19.2 Å². The molecule has 0 bridgehead atoms. The maximum Gasteiger partial charge on any atom is 0.410 e. The summed E-state index contributed by atoms with van der Waals surface area (Å²) in [7, 11) is 0. The number of imide groups is 1. The molecule has 376 valence electrons. The van der Waals surface area contributed by atoms with Crippen LogP contribution in [0.25, 0.3) is 0 Å². The van der Waals surface area contributed by atoms with Gasteiger partial charge in [0.25, 0.3) is 11.8 Å². The van der Waals surface area contributed by atoms with Crippen molar-refractivity contribution in [3.8, 4) is 5.75 Å². The second-order valence-corrected chi connectivity index (χ2v) is 17.5. The van der Waals surface area contributed by atoms with Crippen LogP contribution in [-0.2, 0) is 76.8 Å². The summed E-state index contributed by atoms with van der Waals surface area (Å²) in [6.45, 7) is 0.278. The fourth-order valence-corrected chi connectivity index (χ4v) is 8.63. The average Bonchev–Trinajstić information content (AvgIpc) is 3.76. The number of aliphatic hydroxyl groups excluding tert-OH is 3. The van der Waals surface area contributed by atoms with E-state index in [4.69, 9.17) is 33.5 Å². The molecule has 3 aliphatic rings. The van der Waals surface area contributed by atoms with E-state index in [9.17, 15) is 68.7 Å². The number of fused-ring (bicyclic) bond motifs is 1. The number of hydrogen-bond donors (Lipinski definition) is 9. The van der Waals surface area contributed by atoms with Crippen molar-refractivity contribution < 1.29 is 102 Å². The van der Waals surface area contributed by atoms with Crippen molar-refractivity contribution in [3.63, 3.8) is 0 Å². The molecule has 26 nitrogen and oxygen atoms in total. The molecule has 0 spiro atoms. The molecule has 0 radical (unpaired) electrons. The Labute approximate surface area is 410 Å². The van der Waals surface area contributed by atoms with Crippen molar-refractivity contribution in [1.29, 1.82) is 0 Å². The molecule has 69 heavy (non-hydrogen) atoms. The van der Waals surface area contributed by atoms with E-state index in [0.717, 1.165) is 16.2 Å². The van der Waals surface area contributed by atoms with Gasteiger partial charge in [0.2, 0.25) is 18.1 Å². The van der Waals surface area contributed by atoms with Crippen LogP contribution in [0.1, 0.15) is 39.2 Å². The van der Waals surface area contributed by atoms with E-state index < -0.39 is 90.8 Å². The predicted octanol–water partition coefficient (Wildman–Crippen LogP) is -0.310. The number of amides is 6. The summed E-state index contributed by atoms with van der Waals surface area (Å²) in [5.41, 5.74) is 0.174. The number of nitrogens with one attached hydrogen (secondary N) is 3. The first-order valence-corrected chi connectivity index (χ1v) is 23.0. The fraction of sp³-hybridized carbons (Fsp3) is 0.475. The Balaban J connectivity index is 1.09. The zero-order chi connectivity index (χ0) is 50.5. The van der Waals surface area contributed by atoms with Crippen LogP contribution in [0.4, 0.5) is 15.5 Å². The number of aliphatic hydroxyl groups is 3. The molecule has 5 rings (SSSR count). The quantitative estimate of drug-likeness (QED) is 0.0391. The highest BCUT2D eigenvalue weighted by molar-refractivity contribution is 9.14. The van der Waals surface area contributed by atoms with E-state index in [0.29, 0.717) is 10.4 Å². The molecule has 0 saturated carbocycles. The number of carbonyl (C=O) groups excluding carboxylic acids is 6. The molecule has 4 heterocycles. The number of nitrogens with zero attached hydrogens (tertiary/aromatic N) is 2.